The van der Waals surface area contributed by atoms with Gasteiger partial charge in [-0.3, -0.25) is 4.79 Å². The normalized spacial score (nSPS) is 13.7. The first-order chi connectivity index (χ1) is 14.9. The van der Waals surface area contributed by atoms with Crippen molar-refractivity contribution in [1.82, 2.24) is 5.32 Å². The van der Waals surface area contributed by atoms with Gasteiger partial charge in [-0.1, -0.05) is 77.4 Å². The van der Waals surface area contributed by atoms with E-state index >= 15 is 0 Å². The predicted octanol–water partition coefficient (Wildman–Crippen LogP) is 2.31. The average Bonchev–Trinajstić information content (AvgIpc) is 2.74. The summed E-state index contributed by atoms with van der Waals surface area (Å²) in [5, 5.41) is 21.9. The van der Waals surface area contributed by atoms with Crippen molar-refractivity contribution in [1.29, 1.82) is 0 Å². The molecule has 0 aromatic rings. The van der Waals surface area contributed by atoms with Crippen LogP contribution in [0.5, 0.6) is 0 Å². The zero-order chi connectivity index (χ0) is 23.4. The molecule has 0 aromatic heterocycles. The number of nitrogens with one attached hydrogen (secondary N) is 1. The van der Waals surface area contributed by atoms with E-state index in [4.69, 9.17) is 5.11 Å². The lowest BCUT2D eigenvalue weighted by molar-refractivity contribution is -0.920. The van der Waals surface area contributed by atoms with Gasteiger partial charge in [-0.2, -0.15) is 0 Å². The van der Waals surface area contributed by atoms with Crippen LogP contribution in [0, 0.1) is 0 Å². The van der Waals surface area contributed by atoms with Crippen molar-refractivity contribution in [2.45, 2.75) is 122 Å². The Morgan fingerprint density at radius 2 is 1.38 bits per heavy atom. The van der Waals surface area contributed by atoms with Crippen molar-refractivity contribution in [3.05, 3.63) is 12.2 Å². The maximum absolute atomic E-state index is 12.3. The molecular formula is C26H53ClN2O3. The number of quaternary nitrogens is 1. The van der Waals surface area contributed by atoms with Crippen molar-refractivity contribution < 1.29 is 31.9 Å². The molecule has 2 atom stereocenters. The number of halogens is 1. The van der Waals surface area contributed by atoms with E-state index in [0.717, 1.165) is 19.3 Å². The van der Waals surface area contributed by atoms with Crippen LogP contribution in [-0.2, 0) is 4.79 Å². The predicted molar refractivity (Wildman–Crippen MR) is 132 cm³/mol. The smallest absolute Gasteiger partial charge is 0.224 e. The van der Waals surface area contributed by atoms with Crippen molar-refractivity contribution in [2.75, 3.05) is 27.2 Å². The highest BCUT2D eigenvalue weighted by molar-refractivity contribution is 5.75. The summed E-state index contributed by atoms with van der Waals surface area (Å²) in [6.45, 7) is 4.47. The highest BCUT2D eigenvalue weighted by atomic mass is 35.5. The van der Waals surface area contributed by atoms with Crippen molar-refractivity contribution >= 4 is 5.91 Å². The van der Waals surface area contributed by atoms with E-state index in [1.54, 1.807) is 0 Å². The molecule has 0 fully saturated rings. The van der Waals surface area contributed by atoms with Crippen LogP contribution < -0.4 is 17.7 Å². The van der Waals surface area contributed by atoms with Crippen LogP contribution in [-0.4, -0.2) is 60.1 Å². The van der Waals surface area contributed by atoms with Crippen molar-refractivity contribution in [3.63, 3.8) is 0 Å². The minimum Gasteiger partial charge on any atom is -1.00 e. The number of carbonyl (C=O) groups excluding carboxylic acids is 1. The third-order valence-electron chi connectivity index (χ3n) is 6.12. The van der Waals surface area contributed by atoms with E-state index in [-0.39, 0.29) is 31.1 Å². The molecule has 0 saturated carbocycles. The standard InChI is InChI=1S/C26H52N2O3.ClH/c1-5-7-8-9-10-11-12-13-14-15-16-17-18-19-20-21-26(31)27-25(6-2)28(3,4)22-24(30)23-29;/h13-14,24-25,29-30H,5-12,15-23H2,1-4H3;1H. The Morgan fingerprint density at radius 3 is 1.88 bits per heavy atom. The van der Waals surface area contributed by atoms with E-state index in [0.29, 0.717) is 17.4 Å². The van der Waals surface area contributed by atoms with Gasteiger partial charge in [-0.15, -0.1) is 0 Å². The Morgan fingerprint density at radius 1 is 0.875 bits per heavy atom. The summed E-state index contributed by atoms with van der Waals surface area (Å²) < 4.78 is 0.469. The van der Waals surface area contributed by atoms with Crippen LogP contribution in [0.15, 0.2) is 12.2 Å². The zero-order valence-corrected chi connectivity index (χ0v) is 22.2. The number of nitrogens with zero attached hydrogens (tertiary/aromatic N) is 1. The molecule has 0 rings (SSSR count). The van der Waals surface area contributed by atoms with Gasteiger partial charge in [0.05, 0.1) is 20.7 Å². The summed E-state index contributed by atoms with van der Waals surface area (Å²) in [6.07, 6.45) is 21.6. The van der Waals surface area contributed by atoms with Gasteiger partial charge >= 0.3 is 0 Å². The molecule has 0 aromatic carbocycles. The largest absolute Gasteiger partial charge is 1.00 e. The molecule has 192 valence electrons. The van der Waals surface area contributed by atoms with Crippen LogP contribution >= 0.6 is 0 Å². The van der Waals surface area contributed by atoms with Gasteiger partial charge in [0.1, 0.15) is 12.6 Å². The SMILES string of the molecule is CCCCCCCCC=CCCCCCCCC(=O)NC(CC)[N+](C)(C)CC(O)CO.[Cl-]. The van der Waals surface area contributed by atoms with Gasteiger partial charge in [-0.05, 0) is 32.1 Å². The van der Waals surface area contributed by atoms with Gasteiger partial charge in [0, 0.05) is 12.8 Å². The number of aliphatic hydroxyl groups is 2. The van der Waals surface area contributed by atoms with E-state index in [1.807, 2.05) is 21.0 Å². The first kappa shape index (κ1) is 33.6. The van der Waals surface area contributed by atoms with Gasteiger partial charge < -0.3 is 32.4 Å². The quantitative estimate of drug-likeness (QED) is 0.103. The van der Waals surface area contributed by atoms with Gasteiger partial charge in [-0.25, -0.2) is 0 Å². The Balaban J connectivity index is 0. The molecule has 32 heavy (non-hydrogen) atoms. The van der Waals surface area contributed by atoms with Crippen LogP contribution in [0.25, 0.3) is 0 Å². The molecule has 0 bridgehead atoms. The van der Waals surface area contributed by atoms with Crippen LogP contribution in [0.1, 0.15) is 110 Å². The molecule has 0 aliphatic carbocycles. The minimum absolute atomic E-state index is 0. The fraction of sp³-hybridized carbons (Fsp3) is 0.885. The number of allylic oxidation sites excluding steroid dienone is 2. The fourth-order valence-electron chi connectivity index (χ4n) is 4.11. The Kier molecular flexibility index (Phi) is 23.3. The highest BCUT2D eigenvalue weighted by Gasteiger charge is 2.30. The lowest BCUT2D eigenvalue weighted by Crippen LogP contribution is -3.00. The number of rotatable bonds is 21. The molecule has 3 N–H and O–H groups in total. The number of carbonyl (C=O) groups is 1. The number of amides is 1. The number of hydrogen-bond donors (Lipinski definition) is 3. The second-order valence-corrected chi connectivity index (χ2v) is 9.62. The minimum atomic E-state index is -0.758. The lowest BCUT2D eigenvalue weighted by Gasteiger charge is -2.39. The number of aliphatic hydroxyl groups excluding tert-OH is 2. The monoisotopic (exact) mass is 476 g/mol. The van der Waals surface area contributed by atoms with Crippen molar-refractivity contribution in [2.24, 2.45) is 0 Å². The van der Waals surface area contributed by atoms with E-state index in [2.05, 4.69) is 24.4 Å². The Hall–Kier alpha value is -0.620. The van der Waals surface area contributed by atoms with Crippen LogP contribution in [0.4, 0.5) is 0 Å². The second-order valence-electron chi connectivity index (χ2n) is 9.62. The molecule has 0 aliphatic rings. The summed E-state index contributed by atoms with van der Waals surface area (Å²) in [5.74, 6) is 0.0918. The molecule has 0 spiro atoms. The van der Waals surface area contributed by atoms with Crippen LogP contribution in [0.3, 0.4) is 0 Å². The molecule has 6 heteroatoms. The third-order valence-corrected chi connectivity index (χ3v) is 6.12. The Labute approximate surface area is 205 Å². The number of hydrogen-bond acceptors (Lipinski definition) is 3. The highest BCUT2D eigenvalue weighted by Crippen LogP contribution is 2.12. The molecule has 1 amide bonds. The van der Waals surface area contributed by atoms with Gasteiger partial charge in [0.25, 0.3) is 0 Å². The first-order valence-electron chi connectivity index (χ1n) is 12.9. The molecule has 2 unspecified atom stereocenters. The average molecular weight is 477 g/mol. The van der Waals surface area contributed by atoms with E-state index in [9.17, 15) is 9.90 Å². The molecule has 0 aliphatic heterocycles. The maximum atomic E-state index is 12.3. The van der Waals surface area contributed by atoms with Gasteiger partial charge in [0.2, 0.25) is 5.91 Å². The number of likely N-dealkylation sites (N-methyl/N-ethyl adjacent to an activating group) is 1. The summed E-state index contributed by atoms with van der Waals surface area (Å²) in [7, 11) is 3.96. The third kappa shape index (κ3) is 18.9. The van der Waals surface area contributed by atoms with Crippen molar-refractivity contribution in [3.8, 4) is 0 Å². The molecule has 0 radical (unpaired) electrons. The lowest BCUT2D eigenvalue weighted by atomic mass is 10.1. The molecule has 0 saturated heterocycles. The number of unbranched alkanes of at least 4 members (excludes halogenated alkanes) is 11. The molecule has 0 heterocycles. The second kappa shape index (κ2) is 22.2. The summed E-state index contributed by atoms with van der Waals surface area (Å²) in [4.78, 5) is 12.3. The summed E-state index contributed by atoms with van der Waals surface area (Å²) in [6, 6.07) is 0. The van der Waals surface area contributed by atoms with E-state index < -0.39 is 6.10 Å². The molecule has 5 nitrogen and oxygen atoms in total. The maximum Gasteiger partial charge on any atom is 0.224 e. The topological polar surface area (TPSA) is 69.6 Å². The van der Waals surface area contributed by atoms with Gasteiger partial charge in [0.15, 0.2) is 6.17 Å². The van der Waals surface area contributed by atoms with Crippen LogP contribution in [0.2, 0.25) is 0 Å². The Bertz CT molecular complexity index is 458. The fourth-order valence-corrected chi connectivity index (χ4v) is 4.11. The van der Waals surface area contributed by atoms with E-state index in [1.165, 1.54) is 70.6 Å². The zero-order valence-electron chi connectivity index (χ0n) is 21.5. The molecular weight excluding hydrogens is 424 g/mol. The first-order valence-corrected chi connectivity index (χ1v) is 12.9. The summed E-state index contributed by atoms with van der Waals surface area (Å²) >= 11 is 0. The summed E-state index contributed by atoms with van der Waals surface area (Å²) in [5.41, 5.74) is 0.